The topological polar surface area (TPSA) is 142 Å². The number of aryl methyl sites for hydroxylation is 1. The molecule has 3 aromatic carbocycles. The van der Waals surface area contributed by atoms with Crippen LogP contribution in [0.25, 0.3) is 10.4 Å². The maximum absolute atomic E-state index is 15.4. The van der Waals surface area contributed by atoms with Crippen LogP contribution in [-0.2, 0) is 31.9 Å². The van der Waals surface area contributed by atoms with Gasteiger partial charge in [-0.3, -0.25) is 29.0 Å². The molecule has 0 saturated carbocycles. The van der Waals surface area contributed by atoms with Crippen LogP contribution in [0.1, 0.15) is 88.2 Å². The minimum atomic E-state index is -5.19. The highest BCUT2D eigenvalue weighted by Crippen LogP contribution is 2.42. The molecule has 4 aromatic rings. The fourth-order valence-corrected chi connectivity index (χ4v) is 10.2. The zero-order chi connectivity index (χ0) is 49.3. The summed E-state index contributed by atoms with van der Waals surface area (Å²) >= 11 is 7.14. The average Bonchev–Trinajstić information content (AvgIpc) is 4.00. The summed E-state index contributed by atoms with van der Waals surface area (Å²) in [7, 11) is 0. The average molecular weight is 969 g/mol. The van der Waals surface area contributed by atoms with Crippen LogP contribution in [0.2, 0.25) is 0 Å². The first-order chi connectivity index (χ1) is 32.1. The van der Waals surface area contributed by atoms with Crippen molar-refractivity contribution in [2.24, 2.45) is 11.3 Å². The number of thiocarbonyl (C=S) groups is 1. The van der Waals surface area contributed by atoms with Crippen LogP contribution in [-0.4, -0.2) is 87.3 Å². The number of hydrogen-bond donors (Lipinski definition) is 2. The van der Waals surface area contributed by atoms with E-state index in [0.717, 1.165) is 38.7 Å². The van der Waals surface area contributed by atoms with Gasteiger partial charge in [0.1, 0.15) is 23.2 Å². The zero-order valence-corrected chi connectivity index (χ0v) is 40.2. The smallest absolute Gasteiger partial charge is 0.350 e. The van der Waals surface area contributed by atoms with E-state index < -0.39 is 57.8 Å². The number of likely N-dealkylation sites (tertiary alicyclic amines) is 2. The Morgan fingerprint density at radius 2 is 1.66 bits per heavy atom. The lowest BCUT2D eigenvalue weighted by atomic mass is 9.85. The highest BCUT2D eigenvalue weighted by Gasteiger charge is 2.52. The van der Waals surface area contributed by atoms with Crippen molar-refractivity contribution < 1.29 is 36.7 Å². The zero-order valence-electron chi connectivity index (χ0n) is 38.6. The van der Waals surface area contributed by atoms with Gasteiger partial charge in [0.25, 0.3) is 5.91 Å². The third-order valence-electron chi connectivity index (χ3n) is 12.6. The summed E-state index contributed by atoms with van der Waals surface area (Å²) in [6, 6.07) is 16.4. The Bertz CT molecular complexity index is 2710. The van der Waals surface area contributed by atoms with Crippen molar-refractivity contribution in [2.45, 2.75) is 97.6 Å². The minimum absolute atomic E-state index is 0.0451. The van der Waals surface area contributed by atoms with Gasteiger partial charge in [0.15, 0.2) is 10.9 Å². The van der Waals surface area contributed by atoms with Crippen molar-refractivity contribution in [1.82, 2.24) is 25.4 Å². The summed E-state index contributed by atoms with van der Waals surface area (Å²) in [6.07, 6.45) is -2.56. The van der Waals surface area contributed by atoms with Crippen molar-refractivity contribution in [3.8, 4) is 28.4 Å². The maximum atomic E-state index is 15.4. The Kier molecular flexibility index (Phi) is 14.5. The molecule has 1 unspecified atom stereocenters. The second-order valence-corrected chi connectivity index (χ2v) is 20.1. The maximum Gasteiger partial charge on any atom is 0.420 e. The normalized spacial score (nSPS) is 18.2. The van der Waals surface area contributed by atoms with Crippen molar-refractivity contribution in [3.63, 3.8) is 0 Å². The largest absolute Gasteiger partial charge is 0.420 e. The molecule has 3 saturated heterocycles. The van der Waals surface area contributed by atoms with Crippen molar-refractivity contribution in [2.75, 3.05) is 36.0 Å². The van der Waals surface area contributed by atoms with Gasteiger partial charge >= 0.3 is 6.18 Å². The predicted molar refractivity (Wildman–Crippen MR) is 255 cm³/mol. The molecule has 3 aliphatic heterocycles. The highest BCUT2D eigenvalue weighted by atomic mass is 32.1. The van der Waals surface area contributed by atoms with Crippen molar-refractivity contribution in [1.29, 1.82) is 5.26 Å². The summed E-state index contributed by atoms with van der Waals surface area (Å²) in [5.74, 6) is 3.25. The Morgan fingerprint density at radius 1 is 0.985 bits per heavy atom. The number of amides is 4. The number of nitrogens with one attached hydrogen (secondary N) is 2. The Hall–Kier alpha value is -6.21. The second kappa shape index (κ2) is 19.8. The Morgan fingerprint density at radius 3 is 2.26 bits per heavy atom. The number of carbonyl (C=O) groups is 4. The van der Waals surface area contributed by atoms with E-state index in [0.29, 0.717) is 63.1 Å². The summed E-state index contributed by atoms with van der Waals surface area (Å²) in [5.41, 5.74) is 0.489. The van der Waals surface area contributed by atoms with Gasteiger partial charge in [-0.1, -0.05) is 56.9 Å². The first-order valence-corrected chi connectivity index (χ1v) is 23.6. The first kappa shape index (κ1) is 49.7. The number of aromatic nitrogens is 1. The van der Waals surface area contributed by atoms with E-state index in [1.54, 1.807) is 40.5 Å². The molecule has 3 fully saturated rings. The molecule has 0 radical (unpaired) electrons. The Labute approximate surface area is 402 Å². The molecule has 356 valence electrons. The van der Waals surface area contributed by atoms with Crippen LogP contribution < -0.4 is 20.4 Å². The fraction of sp³-hybridized carbons (Fsp3) is 0.420. The third kappa shape index (κ3) is 10.4. The molecule has 3 aliphatic rings. The van der Waals surface area contributed by atoms with Crippen LogP contribution in [0.4, 0.5) is 28.9 Å². The van der Waals surface area contributed by atoms with E-state index >= 15 is 4.39 Å². The number of alkyl halides is 3. The molecule has 2 atom stereocenters. The molecule has 1 aromatic heterocycles. The van der Waals surface area contributed by atoms with Crippen LogP contribution >= 0.6 is 23.6 Å². The van der Waals surface area contributed by atoms with E-state index in [4.69, 9.17) is 12.2 Å². The van der Waals surface area contributed by atoms with Gasteiger partial charge < -0.3 is 20.4 Å². The summed E-state index contributed by atoms with van der Waals surface area (Å²) in [4.78, 5) is 65.9. The molecule has 68 heavy (non-hydrogen) atoms. The van der Waals surface area contributed by atoms with E-state index in [1.165, 1.54) is 24.8 Å². The number of benzene rings is 3. The number of thiazole rings is 1. The van der Waals surface area contributed by atoms with Gasteiger partial charge in [0, 0.05) is 30.3 Å². The van der Waals surface area contributed by atoms with Gasteiger partial charge in [0.2, 0.25) is 17.7 Å². The molecule has 4 heterocycles. The Balaban J connectivity index is 0.910. The number of hydrogen-bond acceptors (Lipinski definition) is 9. The summed E-state index contributed by atoms with van der Waals surface area (Å²) in [5, 5.41) is 15.0. The molecule has 12 nitrogen and oxygen atoms in total. The van der Waals surface area contributed by atoms with Crippen LogP contribution in [0.3, 0.4) is 0 Å². The van der Waals surface area contributed by atoms with Gasteiger partial charge in [-0.2, -0.15) is 18.4 Å². The number of halogens is 4. The van der Waals surface area contributed by atoms with Crippen molar-refractivity contribution >= 4 is 63.7 Å². The quantitative estimate of drug-likeness (QED) is 0.0920. The third-order valence-corrected chi connectivity index (χ3v) is 14.0. The van der Waals surface area contributed by atoms with Crippen LogP contribution in [0.5, 0.6) is 0 Å². The number of nitriles is 1. The SMILES string of the molecule is Cc1ncsc1-c1ccc(CNC(=O)C2CCCN2C(=O)[C@@H](NC(=O)CN2CCC(C#Cc3ccc(N4C(=S)N(c5ccc(C#N)c(C(F)(F)F)c5F)C(=O)C4(C)C)cc3)CC2)C(C)(C)C)cc1. The number of carbonyl (C=O) groups excluding carboxylic acids is 4. The van der Waals surface area contributed by atoms with Gasteiger partial charge in [0.05, 0.1) is 39.9 Å². The number of nitrogens with zero attached hydrogens (tertiary/aromatic N) is 6. The van der Waals surface area contributed by atoms with E-state index in [1.807, 2.05) is 62.4 Å². The fourth-order valence-electron chi connectivity index (χ4n) is 8.85. The molecule has 7 rings (SSSR count). The molecule has 2 N–H and O–H groups in total. The molecular formula is C50H52F4N8O4S2. The predicted octanol–water partition coefficient (Wildman–Crippen LogP) is 7.97. The van der Waals surface area contributed by atoms with E-state index in [-0.39, 0.29) is 35.3 Å². The molecule has 0 aliphatic carbocycles. The van der Waals surface area contributed by atoms with Gasteiger partial charge in [-0.25, -0.2) is 9.37 Å². The molecular weight excluding hydrogens is 917 g/mol. The lowest BCUT2D eigenvalue weighted by molar-refractivity contribution is -0.144. The van der Waals surface area contributed by atoms with Crippen molar-refractivity contribution in [3.05, 3.63) is 99.9 Å². The monoisotopic (exact) mass is 968 g/mol. The van der Waals surface area contributed by atoms with E-state index in [9.17, 15) is 37.6 Å². The molecule has 0 bridgehead atoms. The molecule has 4 amide bonds. The number of piperidine rings is 1. The highest BCUT2D eigenvalue weighted by molar-refractivity contribution is 7.81. The van der Waals surface area contributed by atoms with Gasteiger partial charge in [-0.15, -0.1) is 11.3 Å². The summed E-state index contributed by atoms with van der Waals surface area (Å²) < 4.78 is 56.8. The molecule has 0 spiro atoms. The second-order valence-electron chi connectivity index (χ2n) is 18.9. The van der Waals surface area contributed by atoms with E-state index in [2.05, 4.69) is 27.5 Å². The van der Waals surface area contributed by atoms with Crippen LogP contribution in [0.15, 0.2) is 66.2 Å². The minimum Gasteiger partial charge on any atom is -0.350 e. The first-order valence-electron chi connectivity index (χ1n) is 22.3. The molecule has 18 heteroatoms. The lowest BCUT2D eigenvalue weighted by Crippen LogP contribution is -2.58. The van der Waals surface area contributed by atoms with Crippen LogP contribution in [0, 0.1) is 47.2 Å². The standard InChI is InChI=1S/C50H52F4N8O4S2/c1-30-42(68-29-57-30)34-15-11-33(12-16-34)27-56-44(64)38-8-7-23-60(38)45(65)43(48(2,3)4)58-39(63)28-59-24-21-32(22-25-59)10-9-31-13-18-36(19-14-31)62-47(67)61(46(66)49(62,5)6)37-20-17-35(26-55)40(41(37)51)50(52,53)54/h11-20,29,32,38,43H,7-8,21-25,27-28H2,1-6H3,(H,56,64)(H,58,63)/t38?,43-/m1/s1. The summed E-state index contributed by atoms with van der Waals surface area (Å²) in [6.45, 7) is 12.8. The van der Waals surface area contributed by atoms with Gasteiger partial charge in [-0.05, 0) is 125 Å². The number of anilines is 2. The lowest BCUT2D eigenvalue weighted by Gasteiger charge is -2.36. The number of rotatable bonds is 10.